The van der Waals surface area contributed by atoms with Crippen LogP contribution in [0.5, 0.6) is 0 Å². The third-order valence-electron chi connectivity index (χ3n) is 12.5. The molecule has 2 heterocycles. The van der Waals surface area contributed by atoms with Gasteiger partial charge in [0.25, 0.3) is 0 Å². The topological polar surface area (TPSA) is 85.2 Å². The third kappa shape index (κ3) is 11.0. The van der Waals surface area contributed by atoms with Gasteiger partial charge in [-0.15, -0.1) is 70.8 Å². The second-order valence-corrected chi connectivity index (χ2v) is 18.8. The van der Waals surface area contributed by atoms with Crippen molar-refractivity contribution >= 4 is 0 Å². The standard InChI is InChI=1S/C30H31N4.C29H32N3.2Ir/c1-18(2)26-12-9-13-27(19(3)4)29(26)34-30(32-22(7)33-34)24-11-8-10-23(16-24)28-20(5)14-15-25(17-31)21(28)6;1-18(2)25-15-10-16-26(19(3)4)28(25)32-29(30-22(7)31-32)24-14-9-13-23(17-24)27-20(5)11-8-12-21(27)6;;/h8-10,12-16,18-19H,1-7H3;8-13,15-19H,1-7H3;;/q2*-1;;. The van der Waals surface area contributed by atoms with E-state index in [1.807, 2.05) is 54.4 Å². The Kier molecular flexibility index (Phi) is 17.8. The molecular formula is C59H63Ir2N7-2. The maximum absolute atomic E-state index is 9.54. The summed E-state index contributed by atoms with van der Waals surface area (Å²) >= 11 is 0. The van der Waals surface area contributed by atoms with Crippen LogP contribution >= 0.6 is 0 Å². The molecule has 0 bridgehead atoms. The molecule has 68 heavy (non-hydrogen) atoms. The fraction of sp³-hybridized carbons (Fsp3) is 0.305. The zero-order chi connectivity index (χ0) is 47.6. The Balaban J connectivity index is 0.000000247. The molecule has 0 saturated carbocycles. The van der Waals surface area contributed by atoms with Gasteiger partial charge < -0.3 is 0 Å². The molecule has 2 radical (unpaired) electrons. The van der Waals surface area contributed by atoms with Crippen molar-refractivity contribution in [2.45, 2.75) is 121 Å². The Morgan fingerprint density at radius 2 is 0.853 bits per heavy atom. The molecule has 2 aromatic heterocycles. The minimum Gasteiger partial charge on any atom is -0.262 e. The first kappa shape index (κ1) is 53.3. The average molecular weight is 1250 g/mol. The van der Waals surface area contributed by atoms with Crippen molar-refractivity contribution in [3.05, 3.63) is 177 Å². The van der Waals surface area contributed by atoms with Crippen molar-refractivity contribution in [2.24, 2.45) is 0 Å². The number of para-hydroxylation sites is 2. The number of nitriles is 1. The van der Waals surface area contributed by atoms with Gasteiger partial charge in [0.2, 0.25) is 0 Å². The van der Waals surface area contributed by atoms with Crippen LogP contribution in [0.15, 0.2) is 103 Å². The Hall–Kier alpha value is -5.61. The van der Waals surface area contributed by atoms with Crippen molar-refractivity contribution in [1.29, 1.82) is 5.26 Å². The maximum Gasteiger partial charge on any atom is 0.137 e. The van der Waals surface area contributed by atoms with E-state index in [0.29, 0.717) is 29.2 Å². The second kappa shape index (κ2) is 22.7. The summed E-state index contributed by atoms with van der Waals surface area (Å²) in [5, 5.41) is 19.3. The summed E-state index contributed by atoms with van der Waals surface area (Å²) in [6.45, 7) is 30.1. The van der Waals surface area contributed by atoms with E-state index < -0.39 is 0 Å². The number of nitrogens with zero attached hydrogens (tertiary/aromatic N) is 7. The van der Waals surface area contributed by atoms with E-state index >= 15 is 0 Å². The van der Waals surface area contributed by atoms with Crippen LogP contribution in [-0.4, -0.2) is 29.5 Å². The number of aryl methyl sites for hydroxylation is 5. The number of rotatable bonds is 10. The molecule has 7 nitrogen and oxygen atoms in total. The fourth-order valence-corrected chi connectivity index (χ4v) is 9.19. The Bertz CT molecular complexity index is 3020. The number of aromatic nitrogens is 6. The predicted octanol–water partition coefficient (Wildman–Crippen LogP) is 15.0. The van der Waals surface area contributed by atoms with Crippen molar-refractivity contribution in [3.63, 3.8) is 0 Å². The molecule has 0 aliphatic carbocycles. The molecule has 0 N–H and O–H groups in total. The average Bonchev–Trinajstić information content (AvgIpc) is 3.88. The predicted molar refractivity (Wildman–Crippen MR) is 272 cm³/mol. The van der Waals surface area contributed by atoms with Gasteiger partial charge in [-0.2, -0.15) is 15.5 Å². The smallest absolute Gasteiger partial charge is 0.137 e. The van der Waals surface area contributed by atoms with Crippen LogP contribution in [0.25, 0.3) is 56.4 Å². The summed E-state index contributed by atoms with van der Waals surface area (Å²) in [5.74, 6) is 4.56. The minimum absolute atomic E-state index is 0. The van der Waals surface area contributed by atoms with E-state index in [-0.39, 0.29) is 40.2 Å². The molecule has 6 aromatic carbocycles. The quantitative estimate of drug-likeness (QED) is 0.127. The first-order valence-electron chi connectivity index (χ1n) is 23.3. The summed E-state index contributed by atoms with van der Waals surface area (Å²) in [6, 6.07) is 45.0. The summed E-state index contributed by atoms with van der Waals surface area (Å²) < 4.78 is 4.04. The summed E-state index contributed by atoms with van der Waals surface area (Å²) in [4.78, 5) is 9.70. The normalized spacial score (nSPS) is 11.1. The van der Waals surface area contributed by atoms with Gasteiger partial charge in [0.15, 0.2) is 0 Å². The molecule has 9 heteroatoms. The molecule has 0 atom stereocenters. The van der Waals surface area contributed by atoms with E-state index in [9.17, 15) is 5.26 Å². The molecule has 8 rings (SSSR count). The van der Waals surface area contributed by atoms with Crippen LogP contribution in [0.1, 0.15) is 141 Å². The Morgan fingerprint density at radius 3 is 1.24 bits per heavy atom. The minimum atomic E-state index is 0. The molecule has 0 saturated heterocycles. The number of hydrogen-bond donors (Lipinski definition) is 0. The molecule has 0 aliphatic rings. The molecule has 0 amide bonds. The van der Waals surface area contributed by atoms with Gasteiger partial charge in [0.1, 0.15) is 11.6 Å². The molecule has 8 aromatic rings. The molecular weight excluding hydrogens is 1190 g/mol. The SMILES string of the molecule is Cc1nc(-c2[c-]ccc(-c3c(C)ccc(C#N)c3C)c2)n(-c2c(C(C)C)cccc2C(C)C)n1.Cc1nc(-c2[c-]ccc(-c3c(C)cccc3C)c2)n(-c2c(C(C)C)cccc2C(C)C)n1.[Ir].[Ir]. The summed E-state index contributed by atoms with van der Waals surface area (Å²) in [7, 11) is 0. The van der Waals surface area contributed by atoms with Crippen molar-refractivity contribution in [2.75, 3.05) is 0 Å². The monoisotopic (exact) mass is 1260 g/mol. The van der Waals surface area contributed by atoms with Crippen LogP contribution in [0.3, 0.4) is 0 Å². The Morgan fingerprint density at radius 1 is 0.485 bits per heavy atom. The van der Waals surface area contributed by atoms with Gasteiger partial charge in [-0.05, 0) is 127 Å². The van der Waals surface area contributed by atoms with Crippen LogP contribution in [0.4, 0.5) is 0 Å². The van der Waals surface area contributed by atoms with E-state index in [1.165, 1.54) is 44.5 Å². The van der Waals surface area contributed by atoms with Gasteiger partial charge in [-0.1, -0.05) is 116 Å². The number of hydrogen-bond acceptors (Lipinski definition) is 5. The van der Waals surface area contributed by atoms with Crippen molar-refractivity contribution in [3.8, 4) is 62.5 Å². The first-order chi connectivity index (χ1) is 31.5. The molecule has 0 aliphatic heterocycles. The van der Waals surface area contributed by atoms with Gasteiger partial charge in [-0.3, -0.25) is 19.3 Å². The zero-order valence-corrected chi connectivity index (χ0v) is 46.7. The Labute approximate surface area is 432 Å². The largest absolute Gasteiger partial charge is 0.262 e. The van der Waals surface area contributed by atoms with Crippen LogP contribution in [0, 0.1) is 65.0 Å². The molecule has 0 spiro atoms. The first-order valence-corrected chi connectivity index (χ1v) is 23.3. The van der Waals surface area contributed by atoms with Gasteiger partial charge in [-0.25, -0.2) is 0 Å². The van der Waals surface area contributed by atoms with E-state index in [2.05, 4.69) is 173 Å². The second-order valence-electron chi connectivity index (χ2n) is 18.8. The van der Waals surface area contributed by atoms with Crippen molar-refractivity contribution < 1.29 is 40.2 Å². The van der Waals surface area contributed by atoms with Gasteiger partial charge in [0.05, 0.1) is 34.7 Å². The third-order valence-corrected chi connectivity index (χ3v) is 12.5. The molecule has 0 unspecified atom stereocenters. The fourth-order valence-electron chi connectivity index (χ4n) is 9.19. The van der Waals surface area contributed by atoms with E-state index in [4.69, 9.17) is 20.2 Å². The maximum atomic E-state index is 9.54. The van der Waals surface area contributed by atoms with Crippen LogP contribution in [0.2, 0.25) is 0 Å². The van der Waals surface area contributed by atoms with E-state index in [1.54, 1.807) is 0 Å². The van der Waals surface area contributed by atoms with Crippen molar-refractivity contribution in [1.82, 2.24) is 29.5 Å². The van der Waals surface area contributed by atoms with Crippen LogP contribution in [-0.2, 0) is 40.2 Å². The van der Waals surface area contributed by atoms with Gasteiger partial charge in [0, 0.05) is 40.2 Å². The van der Waals surface area contributed by atoms with Crippen LogP contribution < -0.4 is 0 Å². The molecule has 0 fully saturated rings. The summed E-state index contributed by atoms with van der Waals surface area (Å²) in [6.07, 6.45) is 0. The van der Waals surface area contributed by atoms with Gasteiger partial charge >= 0.3 is 0 Å². The number of benzene rings is 6. The zero-order valence-electron chi connectivity index (χ0n) is 41.9. The van der Waals surface area contributed by atoms with E-state index in [0.717, 1.165) is 68.1 Å². The molecule has 354 valence electrons. The summed E-state index contributed by atoms with van der Waals surface area (Å²) in [5.41, 5.74) is 19.1.